The van der Waals surface area contributed by atoms with E-state index in [0.717, 1.165) is 38.8 Å². The highest BCUT2D eigenvalue weighted by Gasteiger charge is 2.15. The Balaban J connectivity index is 0.00000312. The summed E-state index contributed by atoms with van der Waals surface area (Å²) in [5.41, 5.74) is 0.625. The quantitative estimate of drug-likeness (QED) is 0.637. The molecule has 0 saturated carbocycles. The second-order valence-electron chi connectivity index (χ2n) is 6.20. The van der Waals surface area contributed by atoms with Gasteiger partial charge in [-0.2, -0.15) is 0 Å². The van der Waals surface area contributed by atoms with Crippen LogP contribution >= 0.6 is 12.4 Å². The summed E-state index contributed by atoms with van der Waals surface area (Å²) in [4.78, 5) is 12.2. The van der Waals surface area contributed by atoms with Gasteiger partial charge in [0.15, 0.2) is 0 Å². The lowest BCUT2D eigenvalue weighted by atomic mass is 9.93. The Morgan fingerprint density at radius 3 is 2.44 bits per heavy atom. The molecule has 0 radical (unpaired) electrons. The van der Waals surface area contributed by atoms with E-state index in [0.29, 0.717) is 24.6 Å². The fourth-order valence-electron chi connectivity index (χ4n) is 2.77. The Kier molecular flexibility index (Phi) is 9.42. The number of piperidine rings is 1. The molecule has 6 nitrogen and oxygen atoms in total. The van der Waals surface area contributed by atoms with Crippen LogP contribution in [-0.2, 0) is 14.8 Å². The van der Waals surface area contributed by atoms with Crippen molar-refractivity contribution in [3.63, 3.8) is 0 Å². The van der Waals surface area contributed by atoms with Crippen molar-refractivity contribution < 1.29 is 13.2 Å². The predicted octanol–water partition coefficient (Wildman–Crippen LogP) is 2.52. The van der Waals surface area contributed by atoms with Crippen LogP contribution in [0.5, 0.6) is 0 Å². The third kappa shape index (κ3) is 7.32. The predicted molar refractivity (Wildman–Crippen MR) is 103 cm³/mol. The van der Waals surface area contributed by atoms with Gasteiger partial charge < -0.3 is 10.6 Å². The van der Waals surface area contributed by atoms with Crippen LogP contribution in [0.25, 0.3) is 0 Å². The number of anilines is 1. The Morgan fingerprint density at radius 1 is 1.20 bits per heavy atom. The highest BCUT2D eigenvalue weighted by molar-refractivity contribution is 7.89. The third-order valence-electron chi connectivity index (χ3n) is 4.23. The van der Waals surface area contributed by atoms with Crippen molar-refractivity contribution in [1.29, 1.82) is 0 Å². The molecule has 3 N–H and O–H groups in total. The maximum atomic E-state index is 12.0. The topological polar surface area (TPSA) is 87.3 Å². The largest absolute Gasteiger partial charge is 0.326 e. The van der Waals surface area contributed by atoms with Crippen molar-refractivity contribution >= 4 is 34.0 Å². The molecule has 2 rings (SSSR count). The van der Waals surface area contributed by atoms with Crippen molar-refractivity contribution in [2.45, 2.75) is 43.9 Å². The molecule has 0 bridgehead atoms. The third-order valence-corrected chi connectivity index (χ3v) is 5.71. The van der Waals surface area contributed by atoms with E-state index in [4.69, 9.17) is 0 Å². The number of sulfonamides is 1. The van der Waals surface area contributed by atoms with E-state index in [1.807, 2.05) is 6.92 Å². The first-order valence-corrected chi connectivity index (χ1v) is 10.1. The van der Waals surface area contributed by atoms with E-state index in [9.17, 15) is 13.2 Å². The highest BCUT2D eigenvalue weighted by atomic mass is 35.5. The first kappa shape index (κ1) is 21.9. The molecule has 0 spiro atoms. The van der Waals surface area contributed by atoms with Crippen molar-refractivity contribution in [3.05, 3.63) is 24.3 Å². The number of benzene rings is 1. The molecule has 1 amide bonds. The number of rotatable bonds is 8. The molecule has 142 valence electrons. The minimum Gasteiger partial charge on any atom is -0.326 e. The van der Waals surface area contributed by atoms with Crippen LogP contribution in [0.3, 0.4) is 0 Å². The molecular formula is C17H28ClN3O3S. The zero-order chi connectivity index (χ0) is 17.4. The van der Waals surface area contributed by atoms with Crippen LogP contribution in [0, 0.1) is 5.92 Å². The summed E-state index contributed by atoms with van der Waals surface area (Å²) in [6.07, 6.45) is 4.41. The van der Waals surface area contributed by atoms with Gasteiger partial charge in [0.25, 0.3) is 0 Å². The van der Waals surface area contributed by atoms with E-state index in [-0.39, 0.29) is 23.2 Å². The summed E-state index contributed by atoms with van der Waals surface area (Å²) in [5, 5.41) is 6.15. The summed E-state index contributed by atoms with van der Waals surface area (Å²) < 4.78 is 26.5. The number of amides is 1. The van der Waals surface area contributed by atoms with Gasteiger partial charge in [0, 0.05) is 18.7 Å². The van der Waals surface area contributed by atoms with E-state index < -0.39 is 10.0 Å². The molecule has 0 aromatic heterocycles. The molecule has 1 saturated heterocycles. The molecule has 1 aliphatic heterocycles. The van der Waals surface area contributed by atoms with Crippen LogP contribution in [-0.4, -0.2) is 34.0 Å². The zero-order valence-corrected chi connectivity index (χ0v) is 16.2. The summed E-state index contributed by atoms with van der Waals surface area (Å²) in [5.74, 6) is 0.599. The van der Waals surface area contributed by atoms with Crippen LogP contribution < -0.4 is 15.4 Å². The zero-order valence-electron chi connectivity index (χ0n) is 14.6. The molecule has 1 aromatic rings. The Hall–Kier alpha value is -1.15. The lowest BCUT2D eigenvalue weighted by Crippen LogP contribution is -2.28. The van der Waals surface area contributed by atoms with Crippen molar-refractivity contribution in [3.8, 4) is 0 Å². The highest BCUT2D eigenvalue weighted by Crippen LogP contribution is 2.19. The van der Waals surface area contributed by atoms with Gasteiger partial charge in [-0.25, -0.2) is 13.1 Å². The van der Waals surface area contributed by atoms with Gasteiger partial charge in [-0.15, -0.1) is 12.4 Å². The van der Waals surface area contributed by atoms with Gasteiger partial charge in [-0.3, -0.25) is 4.79 Å². The van der Waals surface area contributed by atoms with Crippen LogP contribution in [0.15, 0.2) is 29.2 Å². The molecule has 0 unspecified atom stereocenters. The standard InChI is InChI=1S/C17H27N3O3S.ClH/c1-2-11-19-24(22,23)16-6-4-15(5-7-16)20-17(21)8-3-14-9-12-18-13-10-14;/h4-7,14,18-19H,2-3,8-13H2,1H3,(H,20,21);1H. The minimum atomic E-state index is -3.46. The van der Waals surface area contributed by atoms with Crippen molar-refractivity contribution in [2.24, 2.45) is 5.92 Å². The minimum absolute atomic E-state index is 0. The fraction of sp³-hybridized carbons (Fsp3) is 0.588. The Morgan fingerprint density at radius 2 is 1.84 bits per heavy atom. The summed E-state index contributed by atoms with van der Waals surface area (Å²) in [6.45, 7) is 4.39. The number of carbonyl (C=O) groups excluding carboxylic acids is 1. The SMILES string of the molecule is CCCNS(=O)(=O)c1ccc(NC(=O)CCC2CCNCC2)cc1.Cl. The van der Waals surface area contributed by atoms with Gasteiger partial charge in [0.05, 0.1) is 4.90 Å². The molecule has 1 fully saturated rings. The van der Waals surface area contributed by atoms with E-state index in [2.05, 4.69) is 15.4 Å². The second kappa shape index (κ2) is 10.8. The maximum absolute atomic E-state index is 12.0. The molecule has 0 atom stereocenters. The number of nitrogens with one attached hydrogen (secondary N) is 3. The average Bonchev–Trinajstić information content (AvgIpc) is 2.60. The monoisotopic (exact) mass is 389 g/mol. The Labute approximate surface area is 156 Å². The smallest absolute Gasteiger partial charge is 0.240 e. The molecule has 25 heavy (non-hydrogen) atoms. The van der Waals surface area contributed by atoms with E-state index in [1.54, 1.807) is 12.1 Å². The molecule has 8 heteroatoms. The van der Waals surface area contributed by atoms with Gasteiger partial charge >= 0.3 is 0 Å². The molecule has 0 aliphatic carbocycles. The molecule has 1 aliphatic rings. The molecule has 1 heterocycles. The summed E-state index contributed by atoms with van der Waals surface area (Å²) >= 11 is 0. The van der Waals surface area contributed by atoms with Gasteiger partial charge in [0.2, 0.25) is 15.9 Å². The number of hydrogen-bond donors (Lipinski definition) is 3. The van der Waals surface area contributed by atoms with Crippen LogP contribution in [0.2, 0.25) is 0 Å². The van der Waals surface area contributed by atoms with Crippen LogP contribution in [0.1, 0.15) is 39.0 Å². The summed E-state index contributed by atoms with van der Waals surface area (Å²) in [7, 11) is -3.46. The maximum Gasteiger partial charge on any atom is 0.240 e. The second-order valence-corrected chi connectivity index (χ2v) is 7.97. The lowest BCUT2D eigenvalue weighted by Gasteiger charge is -2.22. The average molecular weight is 390 g/mol. The number of hydrogen-bond acceptors (Lipinski definition) is 4. The van der Waals surface area contributed by atoms with E-state index in [1.165, 1.54) is 12.1 Å². The molecular weight excluding hydrogens is 362 g/mol. The first-order valence-electron chi connectivity index (χ1n) is 8.61. The van der Waals surface area contributed by atoms with Gasteiger partial charge in [-0.05, 0) is 69.0 Å². The van der Waals surface area contributed by atoms with Crippen molar-refractivity contribution in [1.82, 2.24) is 10.0 Å². The van der Waals surface area contributed by atoms with Gasteiger partial charge in [-0.1, -0.05) is 6.92 Å². The Bertz CT molecular complexity index is 629. The first-order chi connectivity index (χ1) is 11.5. The lowest BCUT2D eigenvalue weighted by molar-refractivity contribution is -0.116. The number of halogens is 1. The normalized spacial score (nSPS) is 15.4. The molecule has 1 aromatic carbocycles. The fourth-order valence-corrected chi connectivity index (χ4v) is 3.90. The summed E-state index contributed by atoms with van der Waals surface area (Å²) in [6, 6.07) is 6.28. The van der Waals surface area contributed by atoms with Gasteiger partial charge in [0.1, 0.15) is 0 Å². The van der Waals surface area contributed by atoms with Crippen molar-refractivity contribution in [2.75, 3.05) is 25.0 Å². The van der Waals surface area contributed by atoms with E-state index >= 15 is 0 Å². The van der Waals surface area contributed by atoms with Crippen LogP contribution in [0.4, 0.5) is 5.69 Å². The number of carbonyl (C=O) groups is 1.